The monoisotopic (exact) mass is 221 g/mol. The summed E-state index contributed by atoms with van der Waals surface area (Å²) < 4.78 is 5.15. The van der Waals surface area contributed by atoms with Gasteiger partial charge in [-0.15, -0.1) is 0 Å². The van der Waals surface area contributed by atoms with Gasteiger partial charge in [0.15, 0.2) is 5.96 Å². The van der Waals surface area contributed by atoms with Crippen LogP contribution in [0.1, 0.15) is 11.1 Å². The van der Waals surface area contributed by atoms with Gasteiger partial charge in [-0.2, -0.15) is 0 Å². The van der Waals surface area contributed by atoms with Crippen LogP contribution in [0.2, 0.25) is 0 Å². The lowest BCUT2D eigenvalue weighted by atomic mass is 10.1. The number of aliphatic imine (C=N–C) groups is 1. The molecule has 0 aliphatic heterocycles. The molecule has 0 fully saturated rings. The van der Waals surface area contributed by atoms with Crippen LogP contribution in [-0.2, 0) is 17.9 Å². The Morgan fingerprint density at radius 3 is 2.56 bits per heavy atom. The minimum atomic E-state index is 0.635. The Balaban J connectivity index is 2.65. The number of ether oxygens (including phenoxy) is 1. The van der Waals surface area contributed by atoms with Crippen molar-refractivity contribution in [3.05, 3.63) is 35.4 Å². The zero-order valence-corrected chi connectivity index (χ0v) is 10.1. The Labute approximate surface area is 96.7 Å². The van der Waals surface area contributed by atoms with Gasteiger partial charge in [0.25, 0.3) is 0 Å². The predicted octanol–water partition coefficient (Wildman–Crippen LogP) is 1.13. The summed E-state index contributed by atoms with van der Waals surface area (Å²) in [7, 11) is 5.30. The minimum absolute atomic E-state index is 0.635. The Kier molecular flexibility index (Phi) is 5.36. The molecule has 0 amide bonds. The minimum Gasteiger partial charge on any atom is -0.380 e. The molecule has 4 heteroatoms. The molecule has 0 radical (unpaired) electrons. The van der Waals surface area contributed by atoms with E-state index in [1.807, 2.05) is 19.2 Å². The Bertz CT molecular complexity index is 350. The Morgan fingerprint density at radius 2 is 2.00 bits per heavy atom. The third-order valence-electron chi connectivity index (χ3n) is 2.32. The van der Waals surface area contributed by atoms with E-state index in [9.17, 15) is 0 Å². The summed E-state index contributed by atoms with van der Waals surface area (Å²) in [6, 6.07) is 8.20. The summed E-state index contributed by atoms with van der Waals surface area (Å²) in [5, 5.41) is 6.20. The largest absolute Gasteiger partial charge is 0.380 e. The molecule has 0 aliphatic carbocycles. The average molecular weight is 221 g/mol. The number of hydrogen-bond acceptors (Lipinski definition) is 2. The van der Waals surface area contributed by atoms with Gasteiger partial charge in [0.2, 0.25) is 0 Å². The second-order valence-corrected chi connectivity index (χ2v) is 3.38. The molecule has 0 aromatic heterocycles. The summed E-state index contributed by atoms with van der Waals surface area (Å²) in [6.07, 6.45) is 0. The topological polar surface area (TPSA) is 45.7 Å². The van der Waals surface area contributed by atoms with Gasteiger partial charge in [-0.1, -0.05) is 24.3 Å². The maximum atomic E-state index is 5.15. The van der Waals surface area contributed by atoms with Crippen molar-refractivity contribution in [3.63, 3.8) is 0 Å². The van der Waals surface area contributed by atoms with Crippen LogP contribution in [0.15, 0.2) is 29.3 Å². The van der Waals surface area contributed by atoms with Crippen LogP contribution in [-0.4, -0.2) is 27.2 Å². The maximum absolute atomic E-state index is 5.15. The summed E-state index contributed by atoms with van der Waals surface area (Å²) >= 11 is 0. The van der Waals surface area contributed by atoms with Crippen molar-refractivity contribution in [2.45, 2.75) is 13.2 Å². The highest BCUT2D eigenvalue weighted by Gasteiger charge is 2.01. The molecule has 88 valence electrons. The van der Waals surface area contributed by atoms with Crippen LogP contribution < -0.4 is 10.6 Å². The first-order chi connectivity index (χ1) is 7.81. The molecule has 0 saturated carbocycles. The summed E-state index contributed by atoms with van der Waals surface area (Å²) in [5.41, 5.74) is 2.42. The lowest BCUT2D eigenvalue weighted by Gasteiger charge is -2.11. The third-order valence-corrected chi connectivity index (χ3v) is 2.32. The Hall–Kier alpha value is -1.55. The van der Waals surface area contributed by atoms with Gasteiger partial charge < -0.3 is 15.4 Å². The van der Waals surface area contributed by atoms with Crippen molar-refractivity contribution < 1.29 is 4.74 Å². The van der Waals surface area contributed by atoms with E-state index in [1.165, 1.54) is 11.1 Å². The van der Waals surface area contributed by atoms with E-state index in [-0.39, 0.29) is 0 Å². The molecule has 0 unspecified atom stereocenters. The molecule has 0 saturated heterocycles. The number of nitrogens with one attached hydrogen (secondary N) is 2. The van der Waals surface area contributed by atoms with Crippen LogP contribution in [0.5, 0.6) is 0 Å². The third kappa shape index (κ3) is 3.55. The Morgan fingerprint density at radius 1 is 1.31 bits per heavy atom. The van der Waals surface area contributed by atoms with Crippen molar-refractivity contribution in [2.75, 3.05) is 21.2 Å². The number of nitrogens with zero attached hydrogens (tertiary/aromatic N) is 1. The quantitative estimate of drug-likeness (QED) is 0.592. The summed E-state index contributed by atoms with van der Waals surface area (Å²) in [5.74, 6) is 0.784. The fraction of sp³-hybridized carbons (Fsp3) is 0.417. The molecule has 1 aromatic rings. The van der Waals surface area contributed by atoms with E-state index in [0.717, 1.165) is 12.5 Å². The molecule has 0 heterocycles. The molecule has 2 N–H and O–H groups in total. The first-order valence-electron chi connectivity index (χ1n) is 5.26. The highest BCUT2D eigenvalue weighted by Crippen LogP contribution is 2.09. The maximum Gasteiger partial charge on any atom is 0.190 e. The molecule has 0 aliphatic rings. The van der Waals surface area contributed by atoms with E-state index in [2.05, 4.69) is 27.8 Å². The zero-order valence-electron chi connectivity index (χ0n) is 10.1. The number of rotatable bonds is 4. The molecular weight excluding hydrogens is 202 g/mol. The van der Waals surface area contributed by atoms with Crippen LogP contribution in [0.3, 0.4) is 0 Å². The van der Waals surface area contributed by atoms with Crippen molar-refractivity contribution in [2.24, 2.45) is 4.99 Å². The normalized spacial score (nSPS) is 11.3. The first kappa shape index (κ1) is 12.5. The van der Waals surface area contributed by atoms with Crippen molar-refractivity contribution in [1.82, 2.24) is 10.6 Å². The molecular formula is C12H19N3O. The smallest absolute Gasteiger partial charge is 0.190 e. The first-order valence-corrected chi connectivity index (χ1v) is 5.26. The van der Waals surface area contributed by atoms with Crippen LogP contribution in [0.25, 0.3) is 0 Å². The van der Waals surface area contributed by atoms with Gasteiger partial charge in [0.05, 0.1) is 6.61 Å². The second-order valence-electron chi connectivity index (χ2n) is 3.38. The number of guanidine groups is 1. The van der Waals surface area contributed by atoms with Crippen LogP contribution in [0.4, 0.5) is 0 Å². The standard InChI is InChI=1S/C12H19N3O/c1-13-12(14-2)15-8-10-6-4-5-7-11(10)9-16-3/h4-7H,8-9H2,1-3H3,(H2,13,14,15). The SMILES string of the molecule is CN=C(NC)NCc1ccccc1COC. The van der Waals surface area contributed by atoms with Crippen molar-refractivity contribution in [3.8, 4) is 0 Å². The van der Waals surface area contributed by atoms with Gasteiger partial charge in [-0.3, -0.25) is 4.99 Å². The van der Waals surface area contributed by atoms with E-state index < -0.39 is 0 Å². The van der Waals surface area contributed by atoms with E-state index >= 15 is 0 Å². The summed E-state index contributed by atoms with van der Waals surface area (Å²) in [4.78, 5) is 4.06. The van der Waals surface area contributed by atoms with Crippen LogP contribution >= 0.6 is 0 Å². The van der Waals surface area contributed by atoms with Gasteiger partial charge in [-0.25, -0.2) is 0 Å². The van der Waals surface area contributed by atoms with E-state index in [4.69, 9.17) is 4.74 Å². The predicted molar refractivity (Wildman–Crippen MR) is 66.4 cm³/mol. The van der Waals surface area contributed by atoms with Gasteiger partial charge in [0, 0.05) is 27.7 Å². The van der Waals surface area contributed by atoms with Crippen molar-refractivity contribution in [1.29, 1.82) is 0 Å². The molecule has 16 heavy (non-hydrogen) atoms. The highest BCUT2D eigenvalue weighted by molar-refractivity contribution is 5.79. The number of hydrogen-bond donors (Lipinski definition) is 2. The van der Waals surface area contributed by atoms with Crippen LogP contribution in [0, 0.1) is 0 Å². The van der Waals surface area contributed by atoms with E-state index in [1.54, 1.807) is 14.2 Å². The summed E-state index contributed by atoms with van der Waals surface area (Å²) in [6.45, 7) is 1.38. The fourth-order valence-electron chi connectivity index (χ4n) is 1.48. The molecule has 1 aromatic carbocycles. The van der Waals surface area contributed by atoms with Gasteiger partial charge >= 0.3 is 0 Å². The lowest BCUT2D eigenvalue weighted by Crippen LogP contribution is -2.34. The second kappa shape index (κ2) is 6.85. The molecule has 0 spiro atoms. The number of benzene rings is 1. The van der Waals surface area contributed by atoms with Crippen molar-refractivity contribution >= 4 is 5.96 Å². The molecule has 0 bridgehead atoms. The molecule has 1 rings (SSSR count). The van der Waals surface area contributed by atoms with E-state index in [0.29, 0.717) is 6.61 Å². The highest BCUT2D eigenvalue weighted by atomic mass is 16.5. The average Bonchev–Trinajstić information content (AvgIpc) is 2.33. The molecule has 4 nitrogen and oxygen atoms in total. The molecule has 0 atom stereocenters. The van der Waals surface area contributed by atoms with Gasteiger partial charge in [0.1, 0.15) is 0 Å². The fourth-order valence-corrected chi connectivity index (χ4v) is 1.48. The number of methoxy groups -OCH3 is 1. The van der Waals surface area contributed by atoms with Gasteiger partial charge in [-0.05, 0) is 11.1 Å². The lowest BCUT2D eigenvalue weighted by molar-refractivity contribution is 0.184. The zero-order chi connectivity index (χ0) is 11.8.